The minimum atomic E-state index is 0.389. The summed E-state index contributed by atoms with van der Waals surface area (Å²) >= 11 is 3.04. The average Bonchev–Trinajstić information content (AvgIpc) is 1.91. The Morgan fingerprint density at radius 2 is 3.00 bits per heavy atom. The number of rotatable bonds is 0. The van der Waals surface area contributed by atoms with Crippen LogP contribution in [-0.4, -0.2) is 10.2 Å². The van der Waals surface area contributed by atoms with Gasteiger partial charge in [-0.2, -0.15) is 5.10 Å². The Balaban J connectivity index is 3.12. The van der Waals surface area contributed by atoms with Crippen molar-refractivity contribution in [3.05, 3.63) is 16.8 Å². The minimum absolute atomic E-state index is 0.389. The molecule has 0 aromatic carbocycles. The number of aromatic amines is 1. The first kappa shape index (κ1) is 2.80. The number of nitrogens with zero attached hydrogens (tertiary/aromatic N) is 1. The zero-order chi connectivity index (χ0) is 5.28. The van der Waals surface area contributed by atoms with E-state index in [9.17, 15) is 0 Å². The van der Waals surface area contributed by atoms with Gasteiger partial charge in [0, 0.05) is 6.20 Å². The summed E-state index contributed by atoms with van der Waals surface area (Å²) in [5.74, 6) is 0. The van der Waals surface area contributed by atoms with Gasteiger partial charge in [0.2, 0.25) is 0 Å². The van der Waals surface area contributed by atoms with Gasteiger partial charge in [0.1, 0.15) is 4.60 Å². The number of hydrogen-bond donors (Lipinski definition) is 1. The van der Waals surface area contributed by atoms with Crippen molar-refractivity contribution in [1.82, 2.24) is 10.2 Å². The van der Waals surface area contributed by atoms with Gasteiger partial charge < -0.3 is 0 Å². The Kier molecular flexibility index (Phi) is 0.665. The van der Waals surface area contributed by atoms with Gasteiger partial charge in [-0.3, -0.25) is 5.10 Å². The van der Waals surface area contributed by atoms with Gasteiger partial charge >= 0.3 is 0 Å². The van der Waals surface area contributed by atoms with Crippen LogP contribution in [0.1, 0.15) is 1.37 Å². The summed E-state index contributed by atoms with van der Waals surface area (Å²) in [5.41, 5.74) is 0. The van der Waals surface area contributed by atoms with Crippen molar-refractivity contribution in [2.75, 3.05) is 0 Å². The first-order valence-electron chi connectivity index (χ1n) is 1.96. The third kappa shape index (κ3) is 0.597. The molecule has 0 aliphatic rings. The van der Waals surface area contributed by atoms with Crippen LogP contribution in [0.3, 0.4) is 0 Å². The van der Waals surface area contributed by atoms with Crippen LogP contribution in [0.25, 0.3) is 0 Å². The molecule has 1 rings (SSSR count). The first-order valence-corrected chi connectivity index (χ1v) is 2.26. The quantitative estimate of drug-likeness (QED) is 0.587. The van der Waals surface area contributed by atoms with Crippen molar-refractivity contribution in [2.24, 2.45) is 0 Å². The number of aromatic nitrogens is 2. The summed E-state index contributed by atoms with van der Waals surface area (Å²) in [5, 5.41) is 6.13. The van der Waals surface area contributed by atoms with Crippen molar-refractivity contribution in [2.45, 2.75) is 0 Å². The van der Waals surface area contributed by atoms with Gasteiger partial charge in [-0.1, -0.05) is 0 Å². The normalized spacial score (nSPS) is 11.2. The highest BCUT2D eigenvalue weighted by Gasteiger charge is 1.77. The molecule has 0 radical (unpaired) electrons. The molecule has 32 valence electrons. The first-order chi connectivity index (χ1) is 3.30. The van der Waals surface area contributed by atoms with Gasteiger partial charge in [-0.25, -0.2) is 0 Å². The molecule has 0 bridgehead atoms. The molecule has 0 unspecified atom stereocenters. The smallest absolute Gasteiger partial charge is 0.127 e. The van der Waals surface area contributed by atoms with E-state index in [4.69, 9.17) is 1.37 Å². The summed E-state index contributed by atoms with van der Waals surface area (Å²) in [6, 6.07) is 0.389. The molecule has 1 aromatic heterocycles. The van der Waals surface area contributed by atoms with Crippen LogP contribution < -0.4 is 0 Å². The largest absolute Gasteiger partial charge is 0.285 e. The molecule has 0 amide bonds. The lowest BCUT2D eigenvalue weighted by Crippen LogP contribution is -1.59. The van der Waals surface area contributed by atoms with Gasteiger partial charge in [0.05, 0.1) is 1.37 Å². The molecular formula is C3H3BrN2. The zero-order valence-electron chi connectivity index (χ0n) is 3.90. The standard InChI is InChI=1S/C3H3BrN2/c4-3-1-2-5-6-3/h1-2H,(H,5,6)/i1D. The highest BCUT2D eigenvalue weighted by molar-refractivity contribution is 9.10. The van der Waals surface area contributed by atoms with E-state index in [0.29, 0.717) is 10.6 Å². The molecule has 0 saturated carbocycles. The van der Waals surface area contributed by atoms with E-state index in [2.05, 4.69) is 26.1 Å². The van der Waals surface area contributed by atoms with Crippen LogP contribution in [0, 0.1) is 0 Å². The van der Waals surface area contributed by atoms with E-state index in [1.807, 2.05) is 0 Å². The van der Waals surface area contributed by atoms with Crippen LogP contribution in [0.5, 0.6) is 0 Å². The molecule has 6 heavy (non-hydrogen) atoms. The summed E-state index contributed by atoms with van der Waals surface area (Å²) in [4.78, 5) is 0. The highest BCUT2D eigenvalue weighted by Crippen LogP contribution is 1.98. The fraction of sp³-hybridized carbons (Fsp3) is 0. The molecular weight excluding hydrogens is 144 g/mol. The highest BCUT2D eigenvalue weighted by atomic mass is 79.9. The molecule has 0 fully saturated rings. The van der Waals surface area contributed by atoms with Crippen LogP contribution in [0.2, 0.25) is 0 Å². The lowest BCUT2D eigenvalue weighted by molar-refractivity contribution is 1.07. The van der Waals surface area contributed by atoms with Gasteiger partial charge in [0.25, 0.3) is 0 Å². The summed E-state index contributed by atoms with van der Waals surface area (Å²) < 4.78 is 7.52. The predicted molar refractivity (Wildman–Crippen MR) is 26.3 cm³/mol. The minimum Gasteiger partial charge on any atom is -0.285 e. The molecule has 3 heteroatoms. The van der Waals surface area contributed by atoms with E-state index in [1.54, 1.807) is 0 Å². The van der Waals surface area contributed by atoms with Crippen LogP contribution in [0.15, 0.2) is 16.8 Å². The zero-order valence-corrected chi connectivity index (χ0v) is 4.49. The fourth-order valence-electron chi connectivity index (χ4n) is 0.213. The second-order valence-electron chi connectivity index (χ2n) is 0.820. The maximum absolute atomic E-state index is 6.96. The molecule has 1 aromatic rings. The Labute approximate surface area is 45.1 Å². The second kappa shape index (κ2) is 1.43. The maximum atomic E-state index is 6.96. The van der Waals surface area contributed by atoms with E-state index in [1.165, 1.54) is 6.20 Å². The van der Waals surface area contributed by atoms with Crippen LogP contribution in [0.4, 0.5) is 0 Å². The predicted octanol–water partition coefficient (Wildman–Crippen LogP) is 1.17. The lowest BCUT2D eigenvalue weighted by Gasteiger charge is -1.62. The third-order valence-corrected chi connectivity index (χ3v) is 0.825. The number of nitrogens with one attached hydrogen (secondary N) is 1. The number of halogens is 1. The van der Waals surface area contributed by atoms with E-state index in [0.717, 1.165) is 0 Å². The summed E-state index contributed by atoms with van der Waals surface area (Å²) in [7, 11) is 0. The summed E-state index contributed by atoms with van der Waals surface area (Å²) in [6.07, 6.45) is 1.50. The Bertz CT molecular complexity index is 145. The van der Waals surface area contributed by atoms with Crippen LogP contribution >= 0.6 is 15.9 Å². The summed E-state index contributed by atoms with van der Waals surface area (Å²) in [6.45, 7) is 0. The molecule has 2 nitrogen and oxygen atoms in total. The number of H-pyrrole nitrogens is 1. The average molecular weight is 148 g/mol. The van der Waals surface area contributed by atoms with Crippen molar-refractivity contribution in [3.8, 4) is 0 Å². The van der Waals surface area contributed by atoms with E-state index < -0.39 is 0 Å². The molecule has 0 spiro atoms. The second-order valence-corrected chi connectivity index (χ2v) is 1.57. The van der Waals surface area contributed by atoms with Crippen molar-refractivity contribution in [3.63, 3.8) is 0 Å². The van der Waals surface area contributed by atoms with Crippen molar-refractivity contribution in [1.29, 1.82) is 0 Å². The SMILES string of the molecule is [2H]c1c[nH]nc1Br. The fourth-order valence-corrected chi connectivity index (χ4v) is 0.430. The Hall–Kier alpha value is -0.310. The van der Waals surface area contributed by atoms with Crippen molar-refractivity contribution < 1.29 is 1.37 Å². The molecule has 1 heterocycles. The van der Waals surface area contributed by atoms with Crippen LogP contribution in [-0.2, 0) is 0 Å². The Morgan fingerprint density at radius 3 is 3.17 bits per heavy atom. The van der Waals surface area contributed by atoms with Crippen molar-refractivity contribution >= 4 is 15.9 Å². The van der Waals surface area contributed by atoms with Gasteiger partial charge in [-0.15, -0.1) is 0 Å². The maximum Gasteiger partial charge on any atom is 0.127 e. The van der Waals surface area contributed by atoms with Gasteiger partial charge in [-0.05, 0) is 22.0 Å². The van der Waals surface area contributed by atoms with E-state index in [-0.39, 0.29) is 0 Å². The van der Waals surface area contributed by atoms with Gasteiger partial charge in [0.15, 0.2) is 0 Å². The molecule has 0 atom stereocenters. The lowest BCUT2D eigenvalue weighted by atomic mass is 10.8. The topological polar surface area (TPSA) is 28.7 Å². The number of hydrogen-bond acceptors (Lipinski definition) is 1. The molecule has 1 N–H and O–H groups in total. The van der Waals surface area contributed by atoms with E-state index >= 15 is 0 Å². The molecule has 0 saturated heterocycles. The molecule has 0 aliphatic heterocycles. The Morgan fingerprint density at radius 1 is 2.17 bits per heavy atom. The molecule has 0 aliphatic carbocycles. The monoisotopic (exact) mass is 147 g/mol. The third-order valence-electron chi connectivity index (χ3n) is 0.419.